The number of rotatable bonds is 6. The number of ether oxygens (including phenoxy) is 1. The van der Waals surface area contributed by atoms with Crippen LogP contribution in [-0.2, 0) is 16.1 Å². The van der Waals surface area contributed by atoms with Crippen molar-refractivity contribution in [2.45, 2.75) is 32.9 Å². The summed E-state index contributed by atoms with van der Waals surface area (Å²) in [6.45, 7) is 5.85. The molecule has 0 spiro atoms. The summed E-state index contributed by atoms with van der Waals surface area (Å²) >= 11 is 0. The van der Waals surface area contributed by atoms with Crippen LogP contribution in [0.1, 0.15) is 20.3 Å². The highest BCUT2D eigenvalue weighted by molar-refractivity contribution is 5.66. The van der Waals surface area contributed by atoms with Crippen LogP contribution < -0.4 is 10.5 Å². The van der Waals surface area contributed by atoms with Crippen LogP contribution in [0.5, 0.6) is 0 Å². The highest BCUT2D eigenvalue weighted by atomic mass is 16.5. The zero-order valence-corrected chi connectivity index (χ0v) is 12.4. The molecule has 1 aromatic heterocycles. The van der Waals surface area contributed by atoms with Crippen LogP contribution >= 0.6 is 0 Å². The van der Waals surface area contributed by atoms with E-state index in [9.17, 15) is 9.59 Å². The zero-order valence-electron chi connectivity index (χ0n) is 12.4. The van der Waals surface area contributed by atoms with Gasteiger partial charge in [-0.3, -0.25) is 14.2 Å². The van der Waals surface area contributed by atoms with Crippen LogP contribution in [0.3, 0.4) is 0 Å². The van der Waals surface area contributed by atoms with Crippen LogP contribution in [0.15, 0.2) is 17.2 Å². The summed E-state index contributed by atoms with van der Waals surface area (Å²) in [5.74, 6) is -0.273. The van der Waals surface area contributed by atoms with E-state index in [2.05, 4.69) is 18.8 Å². The van der Waals surface area contributed by atoms with E-state index in [1.807, 2.05) is 4.90 Å². The fourth-order valence-corrected chi connectivity index (χ4v) is 2.31. The lowest BCUT2D eigenvalue weighted by molar-refractivity contribution is -0.137. The third-order valence-electron chi connectivity index (χ3n) is 3.31. The third kappa shape index (κ3) is 4.04. The Morgan fingerprint density at radius 2 is 2.33 bits per heavy atom. The molecule has 0 bridgehead atoms. The molecule has 0 amide bonds. The number of hydrogen-bond acceptors (Lipinski definition) is 5. The maximum atomic E-state index is 12.2. The first-order valence-electron chi connectivity index (χ1n) is 7.11. The predicted octanol–water partition coefficient (Wildman–Crippen LogP) is 0.579. The summed E-state index contributed by atoms with van der Waals surface area (Å²) in [5.41, 5.74) is -0.371. The zero-order chi connectivity index (χ0) is 15.4. The predicted molar refractivity (Wildman–Crippen MR) is 77.5 cm³/mol. The molecule has 1 atom stereocenters. The summed E-state index contributed by atoms with van der Waals surface area (Å²) in [5, 5.41) is 8.80. The Kier molecular flexibility index (Phi) is 4.95. The second-order valence-electron chi connectivity index (χ2n) is 5.66. The Labute approximate surface area is 123 Å². The Balaban J connectivity index is 2.06. The van der Waals surface area contributed by atoms with Gasteiger partial charge in [-0.15, -0.1) is 0 Å². The smallest absolute Gasteiger partial charge is 0.323 e. The second kappa shape index (κ2) is 6.71. The topological polar surface area (TPSA) is 84.7 Å². The van der Waals surface area contributed by atoms with Gasteiger partial charge in [-0.25, -0.2) is 4.98 Å². The van der Waals surface area contributed by atoms with Crippen molar-refractivity contribution in [1.82, 2.24) is 9.55 Å². The maximum Gasteiger partial charge on any atom is 0.323 e. The summed E-state index contributed by atoms with van der Waals surface area (Å²) < 4.78 is 6.94. The Bertz CT molecular complexity index is 555. The van der Waals surface area contributed by atoms with Gasteiger partial charge in [-0.05, 0) is 12.3 Å². The molecule has 0 saturated carbocycles. The van der Waals surface area contributed by atoms with Gasteiger partial charge < -0.3 is 14.7 Å². The highest BCUT2D eigenvalue weighted by Crippen LogP contribution is 2.17. The summed E-state index contributed by atoms with van der Waals surface area (Å²) in [7, 11) is 0. The van der Waals surface area contributed by atoms with Gasteiger partial charge in [0.1, 0.15) is 6.54 Å². The number of carboxylic acid groups (broad SMARTS) is 1. The first-order chi connectivity index (χ1) is 9.97. The average molecular weight is 295 g/mol. The Morgan fingerprint density at radius 1 is 1.57 bits per heavy atom. The minimum Gasteiger partial charge on any atom is -0.480 e. The van der Waals surface area contributed by atoms with Crippen LogP contribution in [-0.4, -0.2) is 46.4 Å². The first-order valence-corrected chi connectivity index (χ1v) is 7.11. The summed E-state index contributed by atoms with van der Waals surface area (Å²) in [4.78, 5) is 28.9. The number of aromatic nitrogens is 2. The molecule has 0 radical (unpaired) electrons. The molecule has 2 heterocycles. The average Bonchev–Trinajstić information content (AvgIpc) is 2.87. The molecule has 2 rings (SSSR count). The minimum atomic E-state index is -1.05. The van der Waals surface area contributed by atoms with E-state index in [-0.39, 0.29) is 18.2 Å². The lowest BCUT2D eigenvalue weighted by Gasteiger charge is -2.18. The molecule has 0 aromatic carbocycles. The van der Waals surface area contributed by atoms with Gasteiger partial charge >= 0.3 is 5.97 Å². The van der Waals surface area contributed by atoms with Crippen molar-refractivity contribution in [1.29, 1.82) is 0 Å². The van der Waals surface area contributed by atoms with E-state index in [4.69, 9.17) is 9.84 Å². The van der Waals surface area contributed by atoms with E-state index >= 15 is 0 Å². The molecule has 7 nitrogen and oxygen atoms in total. The van der Waals surface area contributed by atoms with E-state index in [1.165, 1.54) is 12.4 Å². The number of nitrogens with zero attached hydrogens (tertiary/aromatic N) is 3. The van der Waals surface area contributed by atoms with E-state index < -0.39 is 5.97 Å². The number of aliphatic carboxylic acids is 1. The van der Waals surface area contributed by atoms with E-state index in [1.54, 1.807) is 0 Å². The fourth-order valence-electron chi connectivity index (χ4n) is 2.31. The number of carboxylic acids is 1. The van der Waals surface area contributed by atoms with Gasteiger partial charge in [0.05, 0.1) is 6.10 Å². The van der Waals surface area contributed by atoms with Crippen molar-refractivity contribution in [3.05, 3.63) is 22.7 Å². The highest BCUT2D eigenvalue weighted by Gasteiger charge is 2.26. The van der Waals surface area contributed by atoms with Gasteiger partial charge in [0, 0.05) is 32.1 Å². The molecule has 0 aliphatic carbocycles. The SMILES string of the molecule is CC(C)COC1CCN(c2nccn(CC(=O)O)c2=O)C1. The lowest BCUT2D eigenvalue weighted by Crippen LogP contribution is -2.34. The third-order valence-corrected chi connectivity index (χ3v) is 3.31. The number of anilines is 1. The quantitative estimate of drug-likeness (QED) is 0.826. The molecule has 1 aliphatic rings. The van der Waals surface area contributed by atoms with Crippen molar-refractivity contribution in [3.8, 4) is 0 Å². The monoisotopic (exact) mass is 295 g/mol. The molecule has 116 valence electrons. The molecule has 21 heavy (non-hydrogen) atoms. The van der Waals surface area contributed by atoms with Gasteiger partial charge in [-0.1, -0.05) is 13.8 Å². The Morgan fingerprint density at radius 3 is 3.00 bits per heavy atom. The summed E-state index contributed by atoms with van der Waals surface area (Å²) in [6, 6.07) is 0. The Hall–Kier alpha value is -1.89. The van der Waals surface area contributed by atoms with Gasteiger partial charge in [0.25, 0.3) is 5.56 Å². The molecule has 1 N–H and O–H groups in total. The molecular formula is C14H21N3O4. The van der Waals surface area contributed by atoms with Crippen molar-refractivity contribution < 1.29 is 14.6 Å². The molecule has 1 saturated heterocycles. The summed E-state index contributed by atoms with van der Waals surface area (Å²) in [6.07, 6.45) is 3.80. The molecular weight excluding hydrogens is 274 g/mol. The van der Waals surface area contributed by atoms with Crippen LogP contribution in [0.4, 0.5) is 5.82 Å². The van der Waals surface area contributed by atoms with Crippen molar-refractivity contribution in [2.24, 2.45) is 5.92 Å². The van der Waals surface area contributed by atoms with Crippen molar-refractivity contribution >= 4 is 11.8 Å². The number of carbonyl (C=O) groups is 1. The van der Waals surface area contributed by atoms with Crippen molar-refractivity contribution in [3.63, 3.8) is 0 Å². The molecule has 1 aliphatic heterocycles. The second-order valence-corrected chi connectivity index (χ2v) is 5.66. The van der Waals surface area contributed by atoms with Crippen LogP contribution in [0.2, 0.25) is 0 Å². The van der Waals surface area contributed by atoms with Crippen LogP contribution in [0, 0.1) is 5.92 Å². The van der Waals surface area contributed by atoms with E-state index in [0.29, 0.717) is 31.4 Å². The van der Waals surface area contributed by atoms with E-state index in [0.717, 1.165) is 11.0 Å². The normalized spacial score (nSPS) is 18.4. The van der Waals surface area contributed by atoms with Crippen LogP contribution in [0.25, 0.3) is 0 Å². The lowest BCUT2D eigenvalue weighted by atomic mass is 10.2. The molecule has 7 heteroatoms. The van der Waals surface area contributed by atoms with Gasteiger partial charge in [0.15, 0.2) is 5.82 Å². The number of hydrogen-bond donors (Lipinski definition) is 1. The first kappa shape index (κ1) is 15.5. The van der Waals surface area contributed by atoms with Gasteiger partial charge in [-0.2, -0.15) is 0 Å². The standard InChI is InChI=1S/C14H21N3O4/c1-10(2)9-21-11-3-5-16(7-11)13-14(20)17(6-4-15-13)8-12(18)19/h4,6,10-11H,3,5,7-9H2,1-2H3,(H,18,19). The van der Waals surface area contributed by atoms with Crippen molar-refractivity contribution in [2.75, 3.05) is 24.6 Å². The van der Waals surface area contributed by atoms with Gasteiger partial charge in [0.2, 0.25) is 0 Å². The minimum absolute atomic E-state index is 0.0988. The maximum absolute atomic E-state index is 12.2. The largest absolute Gasteiger partial charge is 0.480 e. The molecule has 1 unspecified atom stereocenters. The molecule has 1 aromatic rings. The fraction of sp³-hybridized carbons (Fsp3) is 0.643. The molecule has 1 fully saturated rings.